The first-order valence-corrected chi connectivity index (χ1v) is 28.9. The first kappa shape index (κ1) is 62.4. The van der Waals surface area contributed by atoms with E-state index >= 15 is 0 Å². The van der Waals surface area contributed by atoms with Gasteiger partial charge in [0.1, 0.15) is 13.2 Å². The highest BCUT2D eigenvalue weighted by Crippen LogP contribution is 2.18. The molecule has 0 aromatic heterocycles. The maximum atomic E-state index is 12.8. The summed E-state index contributed by atoms with van der Waals surface area (Å²) in [5.74, 6) is -0.0113. The van der Waals surface area contributed by atoms with Crippen molar-refractivity contribution in [1.29, 1.82) is 0 Å². The van der Waals surface area contributed by atoms with Crippen LogP contribution in [-0.4, -0.2) is 37.2 Å². The first-order valence-electron chi connectivity index (χ1n) is 28.9. The van der Waals surface area contributed by atoms with Crippen molar-refractivity contribution in [2.24, 2.45) is 5.92 Å². The number of rotatable bonds is 53. The summed E-state index contributed by atoms with van der Waals surface area (Å²) in [5, 5.41) is 0. The number of hydrogen-bond acceptors (Lipinski definition) is 6. The van der Waals surface area contributed by atoms with Crippen molar-refractivity contribution < 1.29 is 28.6 Å². The summed E-state index contributed by atoms with van der Waals surface area (Å²) in [6, 6.07) is 0. The Kier molecular flexibility index (Phi) is 51.1. The van der Waals surface area contributed by atoms with Gasteiger partial charge in [-0.15, -0.1) is 0 Å². The number of carbonyl (C=O) groups excluding carboxylic acids is 3. The van der Waals surface area contributed by atoms with Crippen LogP contribution in [0.25, 0.3) is 0 Å². The molecule has 0 aliphatic rings. The summed E-state index contributed by atoms with van der Waals surface area (Å²) in [7, 11) is 0. The molecule has 0 radical (unpaired) electrons. The molecule has 0 aliphatic heterocycles. The number of hydrogen-bond donors (Lipinski definition) is 0. The molecular weight excluding hydrogens is 793 g/mol. The Morgan fingerprint density at radius 1 is 0.297 bits per heavy atom. The Labute approximate surface area is 399 Å². The molecule has 0 rings (SSSR count). The van der Waals surface area contributed by atoms with Crippen LogP contribution < -0.4 is 0 Å². The van der Waals surface area contributed by atoms with Crippen molar-refractivity contribution in [3.8, 4) is 0 Å². The molecule has 0 amide bonds. The van der Waals surface area contributed by atoms with Gasteiger partial charge in [0.15, 0.2) is 6.10 Å². The van der Waals surface area contributed by atoms with E-state index in [-0.39, 0.29) is 31.1 Å². The minimum Gasteiger partial charge on any atom is -0.462 e. The molecule has 0 spiro atoms. The lowest BCUT2D eigenvalue weighted by atomic mass is 10.0. The molecule has 0 aromatic carbocycles. The predicted molar refractivity (Wildman–Crippen MR) is 275 cm³/mol. The molecule has 0 bridgehead atoms. The second-order valence-corrected chi connectivity index (χ2v) is 20.4. The zero-order valence-corrected chi connectivity index (χ0v) is 43.8. The van der Waals surface area contributed by atoms with Crippen LogP contribution in [0.5, 0.6) is 0 Å². The fraction of sp³-hybridized carbons (Fsp3) is 0.948. The molecule has 0 fully saturated rings. The third-order valence-electron chi connectivity index (χ3n) is 13.3. The Morgan fingerprint density at radius 3 is 0.766 bits per heavy atom. The van der Waals surface area contributed by atoms with Gasteiger partial charge in [-0.05, 0) is 25.2 Å². The summed E-state index contributed by atoms with van der Waals surface area (Å²) < 4.78 is 16.9. The Morgan fingerprint density at radius 2 is 0.516 bits per heavy atom. The van der Waals surface area contributed by atoms with E-state index in [1.54, 1.807) is 0 Å². The molecule has 0 N–H and O–H groups in total. The molecule has 0 unspecified atom stereocenters. The van der Waals surface area contributed by atoms with Gasteiger partial charge in [0.2, 0.25) is 0 Å². The Balaban J connectivity index is 4.28. The van der Waals surface area contributed by atoms with Gasteiger partial charge in [-0.3, -0.25) is 14.4 Å². The lowest BCUT2D eigenvalue weighted by molar-refractivity contribution is -0.167. The largest absolute Gasteiger partial charge is 0.462 e. The van der Waals surface area contributed by atoms with Crippen LogP contribution in [0.3, 0.4) is 0 Å². The molecule has 6 nitrogen and oxygen atoms in total. The second-order valence-electron chi connectivity index (χ2n) is 20.4. The van der Waals surface area contributed by atoms with Crippen LogP contribution in [0, 0.1) is 5.92 Å². The van der Waals surface area contributed by atoms with Gasteiger partial charge >= 0.3 is 17.9 Å². The number of esters is 3. The molecule has 0 saturated carbocycles. The van der Waals surface area contributed by atoms with E-state index in [0.717, 1.165) is 63.7 Å². The molecule has 64 heavy (non-hydrogen) atoms. The summed E-state index contributed by atoms with van der Waals surface area (Å²) in [4.78, 5) is 38.1. The van der Waals surface area contributed by atoms with E-state index < -0.39 is 6.10 Å². The molecule has 0 heterocycles. The third-order valence-corrected chi connectivity index (χ3v) is 13.3. The summed E-state index contributed by atoms with van der Waals surface area (Å²) in [6.45, 7) is 9.05. The Hall–Kier alpha value is -1.59. The predicted octanol–water partition coefficient (Wildman–Crippen LogP) is 19.0. The van der Waals surface area contributed by atoms with E-state index in [4.69, 9.17) is 14.2 Å². The third kappa shape index (κ3) is 51.4. The van der Waals surface area contributed by atoms with Gasteiger partial charge in [-0.2, -0.15) is 0 Å². The van der Waals surface area contributed by atoms with Crippen LogP contribution in [-0.2, 0) is 28.6 Å². The van der Waals surface area contributed by atoms with Crippen LogP contribution in [0.2, 0.25) is 0 Å². The van der Waals surface area contributed by atoms with Crippen molar-refractivity contribution in [2.75, 3.05) is 13.2 Å². The monoisotopic (exact) mass is 905 g/mol. The van der Waals surface area contributed by atoms with Crippen molar-refractivity contribution >= 4 is 17.9 Å². The van der Waals surface area contributed by atoms with E-state index in [2.05, 4.69) is 27.7 Å². The summed E-state index contributed by atoms with van der Waals surface area (Å²) in [6.07, 6.45) is 56.6. The molecule has 0 aliphatic carbocycles. The molecular formula is C58H112O6. The lowest BCUT2D eigenvalue weighted by Gasteiger charge is -2.18. The molecule has 6 heteroatoms. The summed E-state index contributed by atoms with van der Waals surface area (Å²) >= 11 is 0. The van der Waals surface area contributed by atoms with Crippen LogP contribution >= 0.6 is 0 Å². The molecule has 380 valence electrons. The van der Waals surface area contributed by atoms with Crippen LogP contribution in [0.1, 0.15) is 329 Å². The van der Waals surface area contributed by atoms with E-state index in [9.17, 15) is 14.4 Å². The normalized spacial score (nSPS) is 12.0. The van der Waals surface area contributed by atoms with Gasteiger partial charge in [0.05, 0.1) is 0 Å². The summed E-state index contributed by atoms with van der Waals surface area (Å²) in [5.41, 5.74) is 0. The highest BCUT2D eigenvalue weighted by molar-refractivity contribution is 5.71. The van der Waals surface area contributed by atoms with Gasteiger partial charge in [-0.1, -0.05) is 291 Å². The number of ether oxygens (including phenoxy) is 3. The van der Waals surface area contributed by atoms with Crippen LogP contribution in [0.4, 0.5) is 0 Å². The minimum absolute atomic E-state index is 0.0620. The van der Waals surface area contributed by atoms with E-state index in [0.29, 0.717) is 19.3 Å². The van der Waals surface area contributed by atoms with Crippen molar-refractivity contribution in [3.63, 3.8) is 0 Å². The SMILES string of the molecule is CCCCCCCCCCCCCCCCCCCCC(=O)OC[C@H](COC(=O)CCCCCCCCCCCCCCCC)OC(=O)CCCCCCCCCCCCCC(C)C. The standard InChI is InChI=1S/C58H112O6/c1-5-7-9-11-13-15-17-19-21-22-23-24-26-30-34-38-42-46-50-57(60)63-53-55(64-58(61)51-47-43-39-35-31-27-28-32-36-40-44-48-54(3)4)52-62-56(59)49-45-41-37-33-29-25-20-18-16-14-12-10-8-6-2/h54-55H,5-53H2,1-4H3/t55-/m0/s1. The first-order chi connectivity index (χ1) is 31.4. The van der Waals surface area contributed by atoms with Crippen LogP contribution in [0.15, 0.2) is 0 Å². The minimum atomic E-state index is -0.762. The van der Waals surface area contributed by atoms with Crippen molar-refractivity contribution in [1.82, 2.24) is 0 Å². The highest BCUT2D eigenvalue weighted by Gasteiger charge is 2.19. The Bertz CT molecular complexity index is 964. The maximum Gasteiger partial charge on any atom is 0.306 e. The quantitative estimate of drug-likeness (QED) is 0.0344. The van der Waals surface area contributed by atoms with Gasteiger partial charge in [0.25, 0.3) is 0 Å². The fourth-order valence-electron chi connectivity index (χ4n) is 8.92. The smallest absolute Gasteiger partial charge is 0.306 e. The average Bonchev–Trinajstić information content (AvgIpc) is 3.28. The van der Waals surface area contributed by atoms with E-state index in [1.807, 2.05) is 0 Å². The van der Waals surface area contributed by atoms with Crippen molar-refractivity contribution in [3.05, 3.63) is 0 Å². The topological polar surface area (TPSA) is 78.9 Å². The maximum absolute atomic E-state index is 12.8. The molecule has 1 atom stereocenters. The second kappa shape index (κ2) is 52.4. The lowest BCUT2D eigenvalue weighted by Crippen LogP contribution is -2.30. The molecule has 0 saturated heterocycles. The zero-order chi connectivity index (χ0) is 46.7. The van der Waals surface area contributed by atoms with Gasteiger partial charge in [-0.25, -0.2) is 0 Å². The van der Waals surface area contributed by atoms with Gasteiger partial charge < -0.3 is 14.2 Å². The number of carbonyl (C=O) groups is 3. The average molecular weight is 906 g/mol. The van der Waals surface area contributed by atoms with E-state index in [1.165, 1.54) is 225 Å². The highest BCUT2D eigenvalue weighted by atomic mass is 16.6. The van der Waals surface area contributed by atoms with Crippen molar-refractivity contribution in [2.45, 2.75) is 336 Å². The zero-order valence-electron chi connectivity index (χ0n) is 43.8. The fourth-order valence-corrected chi connectivity index (χ4v) is 8.92. The molecule has 0 aromatic rings. The number of unbranched alkanes of at least 4 members (excludes halogenated alkanes) is 40. The van der Waals surface area contributed by atoms with Gasteiger partial charge in [0, 0.05) is 19.3 Å².